The lowest BCUT2D eigenvalue weighted by molar-refractivity contribution is -0.119. The number of nitrogens with zero attached hydrogens (tertiary/aromatic N) is 3. The minimum Gasteiger partial charge on any atom is -0.462 e. The van der Waals surface area contributed by atoms with E-state index in [0.29, 0.717) is 21.8 Å². The van der Waals surface area contributed by atoms with Gasteiger partial charge in [0, 0.05) is 35.1 Å². The topological polar surface area (TPSA) is 112 Å². The first-order valence-electron chi connectivity index (χ1n) is 12.4. The van der Waals surface area contributed by atoms with E-state index in [4.69, 9.17) is 9.47 Å². The maximum absolute atomic E-state index is 13.1. The van der Waals surface area contributed by atoms with Gasteiger partial charge in [-0.3, -0.25) is 9.78 Å². The summed E-state index contributed by atoms with van der Waals surface area (Å²) in [4.78, 5) is 42.9. The summed E-state index contributed by atoms with van der Waals surface area (Å²) in [6.45, 7) is 1.33. The van der Waals surface area contributed by atoms with Crippen LogP contribution >= 0.6 is 11.3 Å². The molecule has 0 atom stereocenters. The van der Waals surface area contributed by atoms with E-state index in [1.807, 2.05) is 60.7 Å². The molecular formula is C30H24N4O5S. The van der Waals surface area contributed by atoms with Crippen molar-refractivity contribution < 1.29 is 23.9 Å². The molecule has 200 valence electrons. The summed E-state index contributed by atoms with van der Waals surface area (Å²) in [5.41, 5.74) is 3.64. The van der Waals surface area contributed by atoms with Gasteiger partial charge in [-0.2, -0.15) is 5.10 Å². The Kier molecular flexibility index (Phi) is 8.07. The lowest BCUT2D eigenvalue weighted by Gasteiger charge is -2.09. The Morgan fingerprint density at radius 1 is 0.900 bits per heavy atom. The van der Waals surface area contributed by atoms with Gasteiger partial charge in [-0.1, -0.05) is 48.5 Å². The highest BCUT2D eigenvalue weighted by Gasteiger charge is 2.24. The highest BCUT2D eigenvalue weighted by atomic mass is 32.1. The number of hydrogen-bond acceptors (Lipinski definition) is 8. The van der Waals surface area contributed by atoms with Crippen LogP contribution in [0.15, 0.2) is 96.8 Å². The van der Waals surface area contributed by atoms with Crippen LogP contribution in [0, 0.1) is 0 Å². The molecule has 0 saturated heterocycles. The Bertz CT molecular complexity index is 1630. The molecule has 0 aliphatic carbocycles. The summed E-state index contributed by atoms with van der Waals surface area (Å²) in [6.07, 6.45) is 4.78. The molecule has 0 aliphatic heterocycles. The van der Waals surface area contributed by atoms with Crippen LogP contribution in [0.3, 0.4) is 0 Å². The van der Waals surface area contributed by atoms with Crippen molar-refractivity contribution in [3.63, 3.8) is 0 Å². The number of aromatic nitrogens is 3. The van der Waals surface area contributed by atoms with Gasteiger partial charge in [0.05, 0.1) is 12.3 Å². The second kappa shape index (κ2) is 12.2. The molecule has 1 N–H and O–H groups in total. The number of carbonyl (C=O) groups excluding carboxylic acids is 3. The monoisotopic (exact) mass is 552 g/mol. The van der Waals surface area contributed by atoms with Crippen LogP contribution in [0.4, 0.5) is 5.00 Å². The first-order chi connectivity index (χ1) is 19.5. The number of benzene rings is 2. The molecule has 0 spiro atoms. The second-order valence-electron chi connectivity index (χ2n) is 8.48. The van der Waals surface area contributed by atoms with E-state index in [-0.39, 0.29) is 17.7 Å². The number of thiophene rings is 1. The lowest BCUT2D eigenvalue weighted by atomic mass is 10.0. The number of amides is 1. The third-order valence-electron chi connectivity index (χ3n) is 5.83. The zero-order chi connectivity index (χ0) is 27.9. The predicted octanol–water partition coefficient (Wildman–Crippen LogP) is 5.64. The van der Waals surface area contributed by atoms with Crippen molar-refractivity contribution in [2.45, 2.75) is 6.92 Å². The maximum atomic E-state index is 13.1. The SMILES string of the molecule is CCOC(=O)c1c(-c2ccccc2)csc1NC(=O)COC(=O)c1cn(-c2ccccc2)nc1-c1cccnc1. The fraction of sp³-hybridized carbons (Fsp3) is 0.100. The molecule has 5 rings (SSSR count). The van der Waals surface area contributed by atoms with Gasteiger partial charge < -0.3 is 14.8 Å². The van der Waals surface area contributed by atoms with E-state index >= 15 is 0 Å². The Labute approximate surface area is 234 Å². The minimum absolute atomic E-state index is 0.180. The highest BCUT2D eigenvalue weighted by molar-refractivity contribution is 7.15. The highest BCUT2D eigenvalue weighted by Crippen LogP contribution is 2.36. The van der Waals surface area contributed by atoms with E-state index in [0.717, 1.165) is 11.3 Å². The third-order valence-corrected chi connectivity index (χ3v) is 6.73. The van der Waals surface area contributed by atoms with Crippen LogP contribution in [0.1, 0.15) is 27.6 Å². The number of pyridine rings is 1. The van der Waals surface area contributed by atoms with Gasteiger partial charge in [0.15, 0.2) is 6.61 Å². The van der Waals surface area contributed by atoms with E-state index in [2.05, 4.69) is 15.4 Å². The number of esters is 2. The molecule has 40 heavy (non-hydrogen) atoms. The van der Waals surface area contributed by atoms with E-state index in [9.17, 15) is 14.4 Å². The standard InChI is InChI=1S/C30H24N4O5S/c1-2-38-30(37)26-24(20-10-5-3-6-11-20)19-40-28(26)32-25(35)18-39-29(36)23-17-34(22-13-7-4-8-14-22)33-27(23)21-12-9-15-31-16-21/h3-17,19H,2,18H2,1H3,(H,32,35). The average Bonchev–Trinajstić information content (AvgIpc) is 3.63. The molecule has 0 radical (unpaired) electrons. The maximum Gasteiger partial charge on any atom is 0.342 e. The molecule has 2 aromatic carbocycles. The molecule has 5 aromatic rings. The van der Waals surface area contributed by atoms with Crippen LogP contribution < -0.4 is 5.32 Å². The fourth-order valence-electron chi connectivity index (χ4n) is 4.01. The smallest absolute Gasteiger partial charge is 0.342 e. The van der Waals surface area contributed by atoms with Gasteiger partial charge in [-0.25, -0.2) is 14.3 Å². The molecule has 3 aromatic heterocycles. The number of carbonyl (C=O) groups is 3. The van der Waals surface area contributed by atoms with Gasteiger partial charge in [0.25, 0.3) is 5.91 Å². The largest absolute Gasteiger partial charge is 0.462 e. The van der Waals surface area contributed by atoms with Crippen LogP contribution in [0.25, 0.3) is 28.1 Å². The molecule has 10 heteroatoms. The number of nitrogens with one attached hydrogen (secondary N) is 1. The number of para-hydroxylation sites is 1. The second-order valence-corrected chi connectivity index (χ2v) is 9.36. The van der Waals surface area contributed by atoms with Crippen LogP contribution in [0.5, 0.6) is 0 Å². The van der Waals surface area contributed by atoms with Gasteiger partial charge in [-0.05, 0) is 36.8 Å². The molecule has 0 unspecified atom stereocenters. The quantitative estimate of drug-likeness (QED) is 0.236. The first-order valence-corrected chi connectivity index (χ1v) is 13.3. The number of hydrogen-bond donors (Lipinski definition) is 1. The van der Waals surface area contributed by atoms with Crippen molar-refractivity contribution in [1.29, 1.82) is 0 Å². The summed E-state index contributed by atoms with van der Waals surface area (Å²) >= 11 is 1.19. The van der Waals surface area contributed by atoms with E-state index < -0.39 is 24.5 Å². The third kappa shape index (κ3) is 5.82. The van der Waals surface area contributed by atoms with E-state index in [1.54, 1.807) is 47.7 Å². The van der Waals surface area contributed by atoms with Gasteiger partial charge in [-0.15, -0.1) is 11.3 Å². The van der Waals surface area contributed by atoms with Gasteiger partial charge in [0.2, 0.25) is 0 Å². The minimum atomic E-state index is -0.724. The number of anilines is 1. The van der Waals surface area contributed by atoms with Crippen LogP contribution in [-0.2, 0) is 14.3 Å². The Balaban J connectivity index is 1.35. The molecular weight excluding hydrogens is 528 g/mol. The number of ether oxygens (including phenoxy) is 2. The first kappa shape index (κ1) is 26.5. The van der Waals surface area contributed by atoms with Crippen molar-refractivity contribution in [2.24, 2.45) is 0 Å². The molecule has 3 heterocycles. The van der Waals surface area contributed by atoms with Gasteiger partial charge >= 0.3 is 11.9 Å². The Hall–Kier alpha value is -5.09. The van der Waals surface area contributed by atoms with Crippen molar-refractivity contribution in [1.82, 2.24) is 14.8 Å². The number of rotatable bonds is 9. The van der Waals surface area contributed by atoms with Crippen molar-refractivity contribution >= 4 is 34.2 Å². The van der Waals surface area contributed by atoms with Crippen LogP contribution in [-0.4, -0.2) is 45.8 Å². The van der Waals surface area contributed by atoms with Crippen molar-refractivity contribution in [3.05, 3.63) is 108 Å². The molecule has 0 bridgehead atoms. The molecule has 0 fully saturated rings. The Morgan fingerprint density at radius 2 is 1.62 bits per heavy atom. The van der Waals surface area contributed by atoms with Gasteiger partial charge in [0.1, 0.15) is 21.8 Å². The van der Waals surface area contributed by atoms with E-state index in [1.165, 1.54) is 11.3 Å². The summed E-state index contributed by atoms with van der Waals surface area (Å²) in [7, 11) is 0. The molecule has 0 aliphatic rings. The summed E-state index contributed by atoms with van der Waals surface area (Å²) in [5, 5.41) is 9.36. The Morgan fingerprint density at radius 3 is 2.33 bits per heavy atom. The average molecular weight is 553 g/mol. The zero-order valence-corrected chi connectivity index (χ0v) is 22.3. The lowest BCUT2D eigenvalue weighted by Crippen LogP contribution is -2.22. The van der Waals surface area contributed by atoms with Crippen molar-refractivity contribution in [3.8, 4) is 28.1 Å². The molecule has 9 nitrogen and oxygen atoms in total. The molecule has 0 saturated carbocycles. The molecule has 1 amide bonds. The normalized spacial score (nSPS) is 10.6. The summed E-state index contributed by atoms with van der Waals surface area (Å²) in [6, 6.07) is 22.2. The van der Waals surface area contributed by atoms with Crippen LogP contribution in [0.2, 0.25) is 0 Å². The summed E-state index contributed by atoms with van der Waals surface area (Å²) < 4.78 is 12.2. The fourth-order valence-corrected chi connectivity index (χ4v) is 4.98. The summed E-state index contributed by atoms with van der Waals surface area (Å²) in [5.74, 6) is -1.87. The van der Waals surface area contributed by atoms with Crippen molar-refractivity contribution in [2.75, 3.05) is 18.5 Å². The predicted molar refractivity (Wildman–Crippen MR) is 151 cm³/mol. The zero-order valence-electron chi connectivity index (χ0n) is 21.4.